The second-order valence-corrected chi connectivity index (χ2v) is 6.93. The van der Waals surface area contributed by atoms with Crippen LogP contribution in [0.2, 0.25) is 0 Å². The number of carbonyl (C=O) groups excluding carboxylic acids is 1. The number of fused-ring (bicyclic) bond motifs is 1. The smallest absolute Gasteiger partial charge is 0.273 e. The number of non-ortho nitro benzene ring substituents is 1. The summed E-state index contributed by atoms with van der Waals surface area (Å²) in [7, 11) is 0. The highest BCUT2D eigenvalue weighted by Gasteiger charge is 2.52. The van der Waals surface area contributed by atoms with E-state index < -0.39 is 41.4 Å². The number of aliphatic hydroxyl groups is 1. The second kappa shape index (κ2) is 7.39. The molecular weight excluding hydrogens is 360 g/mol. The van der Waals surface area contributed by atoms with Crippen molar-refractivity contribution in [2.75, 3.05) is 6.61 Å². The van der Waals surface area contributed by atoms with E-state index in [0.29, 0.717) is 0 Å². The highest BCUT2D eigenvalue weighted by Crippen LogP contribution is 2.33. The minimum absolute atomic E-state index is 0.149. The fourth-order valence-corrected chi connectivity index (χ4v) is 3.14. The Kier molecular flexibility index (Phi) is 5.33. The molecule has 0 bridgehead atoms. The second-order valence-electron chi connectivity index (χ2n) is 6.93. The number of rotatable bonds is 4. The molecule has 0 aromatic heterocycles. The topological polar surface area (TPSA) is 129 Å². The van der Waals surface area contributed by atoms with Crippen molar-refractivity contribution in [2.45, 2.75) is 57.2 Å². The van der Waals surface area contributed by atoms with Crippen LogP contribution in [0.3, 0.4) is 0 Å². The molecule has 2 N–H and O–H groups in total. The zero-order valence-corrected chi connectivity index (χ0v) is 15.2. The maximum Gasteiger partial charge on any atom is 0.273 e. The van der Waals surface area contributed by atoms with Crippen LogP contribution in [0.4, 0.5) is 5.69 Å². The van der Waals surface area contributed by atoms with Crippen molar-refractivity contribution >= 4 is 11.6 Å². The molecule has 0 radical (unpaired) electrons. The van der Waals surface area contributed by atoms with Crippen LogP contribution >= 0.6 is 0 Å². The molecule has 10 nitrogen and oxygen atoms in total. The Morgan fingerprint density at radius 3 is 2.85 bits per heavy atom. The van der Waals surface area contributed by atoms with Crippen LogP contribution in [0, 0.1) is 10.1 Å². The first-order valence-electron chi connectivity index (χ1n) is 8.50. The number of nitrogens with zero attached hydrogens (tertiary/aromatic N) is 1. The van der Waals surface area contributed by atoms with Crippen molar-refractivity contribution in [3.8, 4) is 5.75 Å². The number of aliphatic hydroxyl groups excluding tert-OH is 1. The Morgan fingerprint density at radius 1 is 1.44 bits per heavy atom. The van der Waals surface area contributed by atoms with Gasteiger partial charge in [-0.3, -0.25) is 14.9 Å². The van der Waals surface area contributed by atoms with Gasteiger partial charge in [-0.05, 0) is 19.9 Å². The lowest BCUT2D eigenvalue weighted by Crippen LogP contribution is -2.69. The lowest BCUT2D eigenvalue weighted by Gasteiger charge is -2.49. The fraction of sp³-hybridized carbons (Fsp3) is 0.588. The van der Waals surface area contributed by atoms with Crippen molar-refractivity contribution in [1.82, 2.24) is 5.32 Å². The summed E-state index contributed by atoms with van der Waals surface area (Å²) in [6.07, 6.45) is -3.56. The van der Waals surface area contributed by atoms with E-state index >= 15 is 0 Å². The van der Waals surface area contributed by atoms with Gasteiger partial charge in [-0.1, -0.05) is 6.07 Å². The summed E-state index contributed by atoms with van der Waals surface area (Å²) < 4.78 is 22.9. The van der Waals surface area contributed by atoms with E-state index in [-0.39, 0.29) is 24.0 Å². The third kappa shape index (κ3) is 4.35. The Hall–Kier alpha value is -2.27. The number of hydrogen-bond donors (Lipinski definition) is 2. The van der Waals surface area contributed by atoms with Crippen LogP contribution in [-0.4, -0.2) is 59.0 Å². The summed E-state index contributed by atoms with van der Waals surface area (Å²) in [5.41, 5.74) is -0.149. The molecule has 0 saturated carbocycles. The third-order valence-electron chi connectivity index (χ3n) is 4.34. The largest absolute Gasteiger partial charge is 0.462 e. The van der Waals surface area contributed by atoms with Crippen molar-refractivity contribution in [3.05, 3.63) is 34.4 Å². The van der Waals surface area contributed by atoms with Crippen LogP contribution in [0.15, 0.2) is 24.3 Å². The summed E-state index contributed by atoms with van der Waals surface area (Å²) in [5, 5.41) is 24.3. The summed E-state index contributed by atoms with van der Waals surface area (Å²) in [6.45, 7) is 4.90. The van der Waals surface area contributed by atoms with E-state index in [9.17, 15) is 20.0 Å². The van der Waals surface area contributed by atoms with Crippen LogP contribution in [0.25, 0.3) is 0 Å². The lowest BCUT2D eigenvalue weighted by atomic mass is 9.95. The Balaban J connectivity index is 1.83. The molecule has 27 heavy (non-hydrogen) atoms. The van der Waals surface area contributed by atoms with Gasteiger partial charge in [0.25, 0.3) is 5.69 Å². The number of nitrogens with one attached hydrogen (secondary N) is 1. The van der Waals surface area contributed by atoms with Gasteiger partial charge in [0, 0.05) is 13.0 Å². The van der Waals surface area contributed by atoms with Gasteiger partial charge in [0.15, 0.2) is 5.79 Å². The third-order valence-corrected chi connectivity index (χ3v) is 4.34. The summed E-state index contributed by atoms with van der Waals surface area (Å²) in [5.74, 6) is -1.12. The van der Waals surface area contributed by atoms with E-state index in [1.54, 1.807) is 13.8 Å². The summed E-state index contributed by atoms with van der Waals surface area (Å²) >= 11 is 0. The SMILES string of the molecule is CC(=O)N[C@H]1[C@@H](Oc2cccc([N+](=O)[O-])c2)O[C@H]2COC(C)(C)O[C@H]2[C@H]1O. The maximum absolute atomic E-state index is 11.6. The number of nitro groups is 1. The molecule has 10 heteroatoms. The molecule has 0 aliphatic carbocycles. The molecule has 0 spiro atoms. The molecule has 2 saturated heterocycles. The van der Waals surface area contributed by atoms with Gasteiger partial charge < -0.3 is 29.4 Å². The van der Waals surface area contributed by atoms with Gasteiger partial charge in [0.05, 0.1) is 17.6 Å². The van der Waals surface area contributed by atoms with Crippen LogP contribution in [0.5, 0.6) is 5.75 Å². The molecule has 5 atom stereocenters. The molecule has 2 aliphatic heterocycles. The molecular formula is C17H22N2O8. The van der Waals surface area contributed by atoms with E-state index in [1.165, 1.54) is 31.2 Å². The predicted octanol–water partition coefficient (Wildman–Crippen LogP) is 0.716. The van der Waals surface area contributed by atoms with E-state index in [1.807, 2.05) is 0 Å². The van der Waals surface area contributed by atoms with Gasteiger partial charge in [-0.15, -0.1) is 0 Å². The molecule has 2 aliphatic rings. The number of benzene rings is 1. The Labute approximate surface area is 155 Å². The van der Waals surface area contributed by atoms with Crippen molar-refractivity contribution in [2.24, 2.45) is 0 Å². The van der Waals surface area contributed by atoms with Crippen molar-refractivity contribution in [1.29, 1.82) is 0 Å². The number of nitro benzene ring substituents is 1. The molecule has 0 unspecified atom stereocenters. The molecule has 1 aromatic carbocycles. The molecule has 2 heterocycles. The average molecular weight is 382 g/mol. The minimum atomic E-state index is -1.13. The number of hydrogen-bond acceptors (Lipinski definition) is 8. The highest BCUT2D eigenvalue weighted by atomic mass is 16.8. The Bertz CT molecular complexity index is 725. The quantitative estimate of drug-likeness (QED) is 0.575. The molecule has 148 valence electrons. The maximum atomic E-state index is 11.6. The predicted molar refractivity (Wildman–Crippen MR) is 90.9 cm³/mol. The minimum Gasteiger partial charge on any atom is -0.462 e. The van der Waals surface area contributed by atoms with Gasteiger partial charge in [-0.2, -0.15) is 0 Å². The van der Waals surface area contributed by atoms with E-state index in [0.717, 1.165) is 0 Å². The highest BCUT2D eigenvalue weighted by molar-refractivity contribution is 5.73. The van der Waals surface area contributed by atoms with Gasteiger partial charge in [0.2, 0.25) is 12.2 Å². The summed E-state index contributed by atoms with van der Waals surface area (Å²) in [6, 6.07) is 4.63. The van der Waals surface area contributed by atoms with Gasteiger partial charge in [-0.25, -0.2) is 0 Å². The lowest BCUT2D eigenvalue weighted by molar-refractivity contribution is -0.385. The van der Waals surface area contributed by atoms with Crippen molar-refractivity contribution < 1.29 is 33.8 Å². The standard InChI is InChI=1S/C17H22N2O8/c1-9(20)18-13-14(21)15-12(8-24-17(2,3)27-15)26-16(13)25-11-6-4-5-10(7-11)19(22)23/h4-7,12-16,21H,8H2,1-3H3,(H,18,20)/t12-,13+,14-,15+,16-/m0/s1. The van der Waals surface area contributed by atoms with Crippen LogP contribution in [0.1, 0.15) is 20.8 Å². The first kappa shape index (κ1) is 19.5. The van der Waals surface area contributed by atoms with Crippen LogP contribution < -0.4 is 10.1 Å². The van der Waals surface area contributed by atoms with E-state index in [4.69, 9.17) is 18.9 Å². The normalized spacial score (nSPS) is 32.2. The average Bonchev–Trinajstić information content (AvgIpc) is 2.59. The fourth-order valence-electron chi connectivity index (χ4n) is 3.14. The van der Waals surface area contributed by atoms with Crippen LogP contribution in [-0.2, 0) is 19.0 Å². The van der Waals surface area contributed by atoms with Crippen molar-refractivity contribution in [3.63, 3.8) is 0 Å². The number of carbonyl (C=O) groups is 1. The number of amides is 1. The zero-order chi connectivity index (χ0) is 19.8. The van der Waals surface area contributed by atoms with Gasteiger partial charge in [0.1, 0.15) is 30.1 Å². The molecule has 1 aromatic rings. The number of ether oxygens (including phenoxy) is 4. The monoisotopic (exact) mass is 382 g/mol. The molecule has 1 amide bonds. The summed E-state index contributed by atoms with van der Waals surface area (Å²) in [4.78, 5) is 22.0. The first-order chi connectivity index (χ1) is 12.7. The Morgan fingerprint density at radius 2 is 2.19 bits per heavy atom. The van der Waals surface area contributed by atoms with Gasteiger partial charge >= 0.3 is 0 Å². The van der Waals surface area contributed by atoms with E-state index in [2.05, 4.69) is 5.32 Å². The molecule has 2 fully saturated rings. The molecule has 3 rings (SSSR count). The first-order valence-corrected chi connectivity index (χ1v) is 8.50. The zero-order valence-electron chi connectivity index (χ0n) is 15.2.